The van der Waals surface area contributed by atoms with Gasteiger partial charge in [0.2, 0.25) is 0 Å². The van der Waals surface area contributed by atoms with Crippen molar-refractivity contribution in [2.75, 3.05) is 19.5 Å². The van der Waals surface area contributed by atoms with E-state index in [1.54, 1.807) is 30.9 Å². The summed E-state index contributed by atoms with van der Waals surface area (Å²) in [6.45, 7) is 4.43. The standard InChI is InChI=1S/C19H22N4O3/c1-12(2)23-17(24)8-7-15-18(21-11-22-19(15)23)20-10-13-5-6-14(25-3)9-16(13)26-4/h5-9,11-12H,10H2,1-4H3,(H,20,21,22). The Morgan fingerprint density at radius 1 is 1.12 bits per heavy atom. The van der Waals surface area contributed by atoms with Gasteiger partial charge in [-0.1, -0.05) is 0 Å². The molecule has 3 rings (SSSR count). The van der Waals surface area contributed by atoms with Crippen molar-refractivity contribution in [1.82, 2.24) is 14.5 Å². The summed E-state index contributed by atoms with van der Waals surface area (Å²) in [6.07, 6.45) is 1.47. The largest absolute Gasteiger partial charge is 0.497 e. The minimum absolute atomic E-state index is 0.00984. The van der Waals surface area contributed by atoms with E-state index < -0.39 is 0 Å². The molecule has 136 valence electrons. The monoisotopic (exact) mass is 354 g/mol. The molecule has 0 bridgehead atoms. The van der Waals surface area contributed by atoms with Gasteiger partial charge in [0, 0.05) is 30.3 Å². The number of benzene rings is 1. The van der Waals surface area contributed by atoms with E-state index in [1.165, 1.54) is 6.33 Å². The second kappa shape index (κ2) is 7.43. The molecule has 7 heteroatoms. The van der Waals surface area contributed by atoms with Gasteiger partial charge in [-0.15, -0.1) is 0 Å². The number of fused-ring (bicyclic) bond motifs is 1. The summed E-state index contributed by atoms with van der Waals surface area (Å²) in [6, 6.07) is 8.97. The van der Waals surface area contributed by atoms with Gasteiger partial charge >= 0.3 is 0 Å². The molecule has 0 unspecified atom stereocenters. The fraction of sp³-hybridized carbons (Fsp3) is 0.316. The van der Waals surface area contributed by atoms with Gasteiger partial charge in [0.15, 0.2) is 0 Å². The highest BCUT2D eigenvalue weighted by atomic mass is 16.5. The zero-order valence-electron chi connectivity index (χ0n) is 15.3. The lowest BCUT2D eigenvalue weighted by atomic mass is 10.2. The summed E-state index contributed by atoms with van der Waals surface area (Å²) < 4.78 is 12.3. The molecular weight excluding hydrogens is 332 g/mol. The molecule has 0 atom stereocenters. The molecule has 0 aliphatic heterocycles. The Morgan fingerprint density at radius 2 is 1.92 bits per heavy atom. The van der Waals surface area contributed by atoms with Crippen LogP contribution in [0.1, 0.15) is 25.5 Å². The number of hydrogen-bond acceptors (Lipinski definition) is 6. The minimum atomic E-state index is -0.0750. The van der Waals surface area contributed by atoms with Crippen LogP contribution in [0.15, 0.2) is 41.5 Å². The molecule has 3 aromatic rings. The van der Waals surface area contributed by atoms with Gasteiger partial charge in [-0.25, -0.2) is 9.97 Å². The van der Waals surface area contributed by atoms with E-state index in [1.807, 2.05) is 32.0 Å². The number of hydrogen-bond donors (Lipinski definition) is 1. The highest BCUT2D eigenvalue weighted by Gasteiger charge is 2.12. The van der Waals surface area contributed by atoms with E-state index in [0.717, 1.165) is 22.4 Å². The fourth-order valence-electron chi connectivity index (χ4n) is 2.89. The van der Waals surface area contributed by atoms with Crippen LogP contribution in [0, 0.1) is 0 Å². The molecule has 0 radical (unpaired) electrons. The average molecular weight is 354 g/mol. The first kappa shape index (κ1) is 17.7. The molecule has 7 nitrogen and oxygen atoms in total. The van der Waals surface area contributed by atoms with E-state index >= 15 is 0 Å². The highest BCUT2D eigenvalue weighted by Crippen LogP contribution is 2.26. The van der Waals surface area contributed by atoms with Gasteiger partial charge in [0.05, 0.1) is 19.6 Å². The first-order valence-corrected chi connectivity index (χ1v) is 8.36. The van der Waals surface area contributed by atoms with Crippen LogP contribution in [0.4, 0.5) is 5.82 Å². The molecule has 2 aromatic heterocycles. The third-order valence-electron chi connectivity index (χ3n) is 4.18. The summed E-state index contributed by atoms with van der Waals surface area (Å²) in [5, 5.41) is 4.11. The zero-order chi connectivity index (χ0) is 18.7. The van der Waals surface area contributed by atoms with Crippen molar-refractivity contribution in [3.8, 4) is 11.5 Å². The van der Waals surface area contributed by atoms with Crippen LogP contribution >= 0.6 is 0 Å². The van der Waals surface area contributed by atoms with E-state index in [9.17, 15) is 4.79 Å². The molecule has 2 heterocycles. The Hall–Kier alpha value is -3.09. The lowest BCUT2D eigenvalue weighted by molar-refractivity contribution is 0.391. The summed E-state index contributed by atoms with van der Waals surface area (Å²) >= 11 is 0. The quantitative estimate of drug-likeness (QED) is 0.733. The van der Waals surface area contributed by atoms with Crippen molar-refractivity contribution in [1.29, 1.82) is 0 Å². The van der Waals surface area contributed by atoms with E-state index in [0.29, 0.717) is 18.0 Å². The van der Waals surface area contributed by atoms with Crippen molar-refractivity contribution < 1.29 is 9.47 Å². The average Bonchev–Trinajstić information content (AvgIpc) is 2.65. The molecular formula is C19H22N4O3. The predicted octanol–water partition coefficient (Wildman–Crippen LogP) is 3.00. The predicted molar refractivity (Wildman–Crippen MR) is 101 cm³/mol. The number of rotatable bonds is 6. The third-order valence-corrected chi connectivity index (χ3v) is 4.18. The Bertz CT molecular complexity index is 982. The third kappa shape index (κ3) is 3.33. The second-order valence-corrected chi connectivity index (χ2v) is 6.13. The van der Waals surface area contributed by atoms with Crippen LogP contribution in [-0.2, 0) is 6.54 Å². The van der Waals surface area contributed by atoms with Gasteiger partial charge in [-0.05, 0) is 32.0 Å². The topological polar surface area (TPSA) is 78.3 Å². The Morgan fingerprint density at radius 3 is 2.62 bits per heavy atom. The number of aromatic nitrogens is 3. The van der Waals surface area contributed by atoms with Crippen molar-refractivity contribution in [2.45, 2.75) is 26.4 Å². The zero-order valence-corrected chi connectivity index (χ0v) is 15.3. The fourth-order valence-corrected chi connectivity index (χ4v) is 2.89. The lowest BCUT2D eigenvalue weighted by Gasteiger charge is -2.15. The SMILES string of the molecule is COc1ccc(CNc2ncnc3c2ccc(=O)n3C(C)C)c(OC)c1. The van der Waals surface area contributed by atoms with Crippen molar-refractivity contribution >= 4 is 16.9 Å². The number of ether oxygens (including phenoxy) is 2. The number of nitrogens with one attached hydrogen (secondary N) is 1. The van der Waals surface area contributed by atoms with Crippen molar-refractivity contribution in [2.24, 2.45) is 0 Å². The molecule has 26 heavy (non-hydrogen) atoms. The van der Waals surface area contributed by atoms with Gasteiger partial charge in [-0.2, -0.15) is 0 Å². The Kier molecular flexibility index (Phi) is 5.06. The van der Waals surface area contributed by atoms with Crippen LogP contribution in [-0.4, -0.2) is 28.8 Å². The van der Waals surface area contributed by atoms with E-state index in [4.69, 9.17) is 9.47 Å². The molecule has 0 saturated heterocycles. The number of anilines is 1. The van der Waals surface area contributed by atoms with Gasteiger partial charge in [-0.3, -0.25) is 9.36 Å². The van der Waals surface area contributed by atoms with Crippen LogP contribution < -0.4 is 20.3 Å². The molecule has 1 N–H and O–H groups in total. The van der Waals surface area contributed by atoms with Gasteiger partial charge in [0.25, 0.3) is 5.56 Å². The van der Waals surface area contributed by atoms with Gasteiger partial charge in [0.1, 0.15) is 29.3 Å². The van der Waals surface area contributed by atoms with Gasteiger partial charge < -0.3 is 14.8 Å². The highest BCUT2D eigenvalue weighted by molar-refractivity contribution is 5.86. The van der Waals surface area contributed by atoms with Crippen LogP contribution in [0.2, 0.25) is 0 Å². The molecule has 0 amide bonds. The summed E-state index contributed by atoms with van der Waals surface area (Å²) in [7, 11) is 3.24. The number of pyridine rings is 1. The number of methoxy groups -OCH3 is 2. The van der Waals surface area contributed by atoms with Crippen LogP contribution in [0.3, 0.4) is 0 Å². The molecule has 0 fully saturated rings. The Balaban J connectivity index is 1.95. The van der Waals surface area contributed by atoms with E-state index in [2.05, 4.69) is 15.3 Å². The minimum Gasteiger partial charge on any atom is -0.497 e. The molecule has 0 spiro atoms. The molecule has 1 aromatic carbocycles. The number of nitrogens with zero attached hydrogens (tertiary/aromatic N) is 3. The van der Waals surface area contributed by atoms with E-state index in [-0.39, 0.29) is 11.6 Å². The second-order valence-electron chi connectivity index (χ2n) is 6.13. The molecule has 0 aliphatic rings. The maximum Gasteiger partial charge on any atom is 0.252 e. The lowest BCUT2D eigenvalue weighted by Crippen LogP contribution is -2.22. The normalized spacial score (nSPS) is 11.0. The molecule has 0 aliphatic carbocycles. The summed E-state index contributed by atoms with van der Waals surface area (Å²) in [5.41, 5.74) is 1.51. The maximum absolute atomic E-state index is 12.2. The van der Waals surface area contributed by atoms with Crippen molar-refractivity contribution in [3.05, 3.63) is 52.6 Å². The molecule has 0 saturated carbocycles. The maximum atomic E-state index is 12.2. The smallest absolute Gasteiger partial charge is 0.252 e. The van der Waals surface area contributed by atoms with Crippen LogP contribution in [0.25, 0.3) is 11.0 Å². The first-order chi connectivity index (χ1) is 12.5. The Labute approximate surface area is 151 Å². The summed E-state index contributed by atoms with van der Waals surface area (Å²) in [5.74, 6) is 2.13. The van der Waals surface area contributed by atoms with Crippen molar-refractivity contribution in [3.63, 3.8) is 0 Å². The summed E-state index contributed by atoms with van der Waals surface area (Å²) in [4.78, 5) is 20.8. The van der Waals surface area contributed by atoms with Crippen LogP contribution in [0.5, 0.6) is 11.5 Å². The first-order valence-electron chi connectivity index (χ1n) is 8.36.